The van der Waals surface area contributed by atoms with Crippen LogP contribution in [0.3, 0.4) is 0 Å². The molecule has 2 N–H and O–H groups in total. The number of benzene rings is 2. The SMILES string of the molecule is COc1ccc(OCc2ccc(Br)cc2)c(CN)c1. The van der Waals surface area contributed by atoms with E-state index in [1.54, 1.807) is 7.11 Å². The second-order valence-electron chi connectivity index (χ2n) is 4.09. The van der Waals surface area contributed by atoms with E-state index in [0.29, 0.717) is 13.2 Å². The molecule has 0 aliphatic heterocycles. The Hall–Kier alpha value is -1.52. The summed E-state index contributed by atoms with van der Waals surface area (Å²) in [6.45, 7) is 0.944. The van der Waals surface area contributed by atoms with Gasteiger partial charge in [-0.3, -0.25) is 0 Å². The van der Waals surface area contributed by atoms with Gasteiger partial charge in [0.1, 0.15) is 18.1 Å². The van der Waals surface area contributed by atoms with Gasteiger partial charge in [0.15, 0.2) is 0 Å². The van der Waals surface area contributed by atoms with E-state index >= 15 is 0 Å². The van der Waals surface area contributed by atoms with Crippen molar-refractivity contribution in [2.75, 3.05) is 7.11 Å². The van der Waals surface area contributed by atoms with E-state index < -0.39 is 0 Å². The highest BCUT2D eigenvalue weighted by Crippen LogP contribution is 2.24. The highest BCUT2D eigenvalue weighted by atomic mass is 79.9. The zero-order valence-corrected chi connectivity index (χ0v) is 12.3. The van der Waals surface area contributed by atoms with Crippen molar-refractivity contribution in [3.63, 3.8) is 0 Å². The molecule has 0 aromatic heterocycles. The highest BCUT2D eigenvalue weighted by molar-refractivity contribution is 9.10. The molecule has 0 radical (unpaired) electrons. The van der Waals surface area contributed by atoms with Crippen LogP contribution in [-0.2, 0) is 13.2 Å². The first-order chi connectivity index (χ1) is 9.22. The molecule has 0 amide bonds. The van der Waals surface area contributed by atoms with Crippen LogP contribution in [0.4, 0.5) is 0 Å². The standard InChI is InChI=1S/C15H16BrNO2/c1-18-14-6-7-15(12(8-14)9-17)19-10-11-2-4-13(16)5-3-11/h2-8H,9-10,17H2,1H3. The number of methoxy groups -OCH3 is 1. The number of rotatable bonds is 5. The van der Waals surface area contributed by atoms with Gasteiger partial charge in [-0.05, 0) is 35.9 Å². The number of halogens is 1. The molecule has 0 heterocycles. The van der Waals surface area contributed by atoms with Crippen molar-refractivity contribution in [3.05, 3.63) is 58.1 Å². The normalized spacial score (nSPS) is 10.3. The van der Waals surface area contributed by atoms with Gasteiger partial charge in [0.25, 0.3) is 0 Å². The maximum Gasteiger partial charge on any atom is 0.124 e. The molecule has 3 nitrogen and oxygen atoms in total. The van der Waals surface area contributed by atoms with Gasteiger partial charge in [-0.15, -0.1) is 0 Å². The summed E-state index contributed by atoms with van der Waals surface area (Å²) in [4.78, 5) is 0. The molecule has 2 aromatic carbocycles. The topological polar surface area (TPSA) is 44.5 Å². The summed E-state index contributed by atoms with van der Waals surface area (Å²) >= 11 is 3.41. The van der Waals surface area contributed by atoms with Crippen LogP contribution in [0.1, 0.15) is 11.1 Å². The number of nitrogens with two attached hydrogens (primary N) is 1. The van der Waals surface area contributed by atoms with Crippen molar-refractivity contribution in [2.45, 2.75) is 13.2 Å². The van der Waals surface area contributed by atoms with E-state index in [9.17, 15) is 0 Å². The van der Waals surface area contributed by atoms with E-state index in [1.165, 1.54) is 0 Å². The summed E-state index contributed by atoms with van der Waals surface area (Å²) in [6, 6.07) is 13.7. The van der Waals surface area contributed by atoms with Crippen LogP contribution in [0.15, 0.2) is 46.9 Å². The first kappa shape index (κ1) is 13.9. The van der Waals surface area contributed by atoms with Crippen molar-refractivity contribution >= 4 is 15.9 Å². The minimum atomic E-state index is 0.423. The first-order valence-corrected chi connectivity index (χ1v) is 6.76. The molecule has 0 atom stereocenters. The van der Waals surface area contributed by atoms with Crippen LogP contribution in [0.25, 0.3) is 0 Å². The predicted octanol–water partition coefficient (Wildman–Crippen LogP) is 3.50. The Labute approximate surface area is 121 Å². The Bertz CT molecular complexity index is 540. The second kappa shape index (κ2) is 6.59. The van der Waals surface area contributed by atoms with E-state index in [1.807, 2.05) is 42.5 Å². The minimum Gasteiger partial charge on any atom is -0.497 e. The van der Waals surface area contributed by atoms with Gasteiger partial charge in [-0.2, -0.15) is 0 Å². The number of hydrogen-bond acceptors (Lipinski definition) is 3. The van der Waals surface area contributed by atoms with Gasteiger partial charge in [0, 0.05) is 16.6 Å². The summed E-state index contributed by atoms with van der Waals surface area (Å²) in [5, 5.41) is 0. The van der Waals surface area contributed by atoms with E-state index in [4.69, 9.17) is 15.2 Å². The quantitative estimate of drug-likeness (QED) is 0.916. The van der Waals surface area contributed by atoms with E-state index in [0.717, 1.165) is 27.1 Å². The fourth-order valence-electron chi connectivity index (χ4n) is 1.72. The summed E-state index contributed by atoms with van der Waals surface area (Å²) in [5.74, 6) is 1.59. The lowest BCUT2D eigenvalue weighted by molar-refractivity contribution is 0.302. The third-order valence-corrected chi connectivity index (χ3v) is 3.32. The fourth-order valence-corrected chi connectivity index (χ4v) is 1.99. The molecular formula is C15H16BrNO2. The highest BCUT2D eigenvalue weighted by Gasteiger charge is 2.04. The molecule has 0 aliphatic carbocycles. The van der Waals surface area contributed by atoms with Crippen LogP contribution in [-0.4, -0.2) is 7.11 Å². The Kier molecular flexibility index (Phi) is 4.82. The molecule has 4 heteroatoms. The lowest BCUT2D eigenvalue weighted by Gasteiger charge is -2.12. The van der Waals surface area contributed by atoms with Crippen molar-refractivity contribution in [2.24, 2.45) is 5.73 Å². The van der Waals surface area contributed by atoms with Crippen LogP contribution in [0.5, 0.6) is 11.5 Å². The molecular weight excluding hydrogens is 306 g/mol. The van der Waals surface area contributed by atoms with Crippen molar-refractivity contribution < 1.29 is 9.47 Å². The van der Waals surface area contributed by atoms with E-state index in [2.05, 4.69) is 15.9 Å². The Balaban J connectivity index is 2.08. The average molecular weight is 322 g/mol. The molecule has 0 saturated heterocycles. The zero-order valence-electron chi connectivity index (χ0n) is 10.7. The van der Waals surface area contributed by atoms with Crippen LogP contribution in [0, 0.1) is 0 Å². The molecule has 0 saturated carbocycles. The van der Waals surface area contributed by atoms with Gasteiger partial charge in [0.2, 0.25) is 0 Å². The Morgan fingerprint density at radius 1 is 1.11 bits per heavy atom. The lowest BCUT2D eigenvalue weighted by atomic mass is 10.2. The predicted molar refractivity (Wildman–Crippen MR) is 79.4 cm³/mol. The van der Waals surface area contributed by atoms with Crippen LogP contribution in [0.2, 0.25) is 0 Å². The van der Waals surface area contributed by atoms with Gasteiger partial charge in [-0.1, -0.05) is 28.1 Å². The lowest BCUT2D eigenvalue weighted by Crippen LogP contribution is -2.03. The van der Waals surface area contributed by atoms with Crippen molar-refractivity contribution in [3.8, 4) is 11.5 Å². The molecule has 2 aromatic rings. The molecule has 19 heavy (non-hydrogen) atoms. The van der Waals surface area contributed by atoms with Gasteiger partial charge in [-0.25, -0.2) is 0 Å². The molecule has 0 aliphatic rings. The van der Waals surface area contributed by atoms with E-state index in [-0.39, 0.29) is 0 Å². The minimum absolute atomic E-state index is 0.423. The smallest absolute Gasteiger partial charge is 0.124 e. The summed E-state index contributed by atoms with van der Waals surface area (Å²) in [5.41, 5.74) is 7.78. The van der Waals surface area contributed by atoms with Crippen LogP contribution >= 0.6 is 15.9 Å². The van der Waals surface area contributed by atoms with Crippen molar-refractivity contribution in [1.82, 2.24) is 0 Å². The molecule has 2 rings (SSSR count). The molecule has 100 valence electrons. The average Bonchev–Trinajstić information content (AvgIpc) is 2.46. The molecule has 0 unspecified atom stereocenters. The molecule has 0 fully saturated rings. The first-order valence-electron chi connectivity index (χ1n) is 5.97. The summed E-state index contributed by atoms with van der Waals surface area (Å²) in [6.07, 6.45) is 0. The van der Waals surface area contributed by atoms with Crippen LogP contribution < -0.4 is 15.2 Å². The maximum absolute atomic E-state index is 5.80. The monoisotopic (exact) mass is 321 g/mol. The number of hydrogen-bond donors (Lipinski definition) is 1. The summed E-state index contributed by atoms with van der Waals surface area (Å²) in [7, 11) is 1.64. The largest absolute Gasteiger partial charge is 0.497 e. The Morgan fingerprint density at radius 3 is 2.47 bits per heavy atom. The Morgan fingerprint density at radius 2 is 1.84 bits per heavy atom. The van der Waals surface area contributed by atoms with Gasteiger partial charge >= 0.3 is 0 Å². The van der Waals surface area contributed by atoms with Gasteiger partial charge < -0.3 is 15.2 Å². The zero-order chi connectivity index (χ0) is 13.7. The second-order valence-corrected chi connectivity index (χ2v) is 5.01. The van der Waals surface area contributed by atoms with Gasteiger partial charge in [0.05, 0.1) is 7.11 Å². The third kappa shape index (κ3) is 3.72. The maximum atomic E-state index is 5.80. The molecule has 0 spiro atoms. The fraction of sp³-hybridized carbons (Fsp3) is 0.200. The molecule has 0 bridgehead atoms. The third-order valence-electron chi connectivity index (χ3n) is 2.80. The summed E-state index contributed by atoms with van der Waals surface area (Å²) < 4.78 is 12.0. The van der Waals surface area contributed by atoms with Crippen molar-refractivity contribution in [1.29, 1.82) is 0 Å². The number of ether oxygens (including phenoxy) is 2.